The second kappa shape index (κ2) is 4.85. The Hall–Kier alpha value is -2.56. The molecule has 0 radical (unpaired) electrons. The molecule has 0 aliphatic heterocycles. The summed E-state index contributed by atoms with van der Waals surface area (Å²) >= 11 is 0. The van der Waals surface area contributed by atoms with E-state index in [2.05, 4.69) is 15.2 Å². The lowest BCUT2D eigenvalue weighted by atomic mass is 10.3. The summed E-state index contributed by atoms with van der Waals surface area (Å²) in [4.78, 5) is 12.8. The molecule has 9 nitrogen and oxygen atoms in total. The normalized spacial score (nSPS) is 11.3. The Morgan fingerprint density at radius 3 is 2.70 bits per heavy atom. The Labute approximate surface area is 112 Å². The zero-order valence-electron chi connectivity index (χ0n) is 9.99. The molecule has 1 aromatic heterocycles. The van der Waals surface area contributed by atoms with Gasteiger partial charge in [-0.2, -0.15) is 4.98 Å². The molecule has 0 unspecified atom stereocenters. The number of nitrogens with one attached hydrogen (secondary N) is 2. The number of nitro benzene ring substituents is 1. The van der Waals surface area contributed by atoms with Crippen LogP contribution in [0, 0.1) is 22.9 Å². The molecule has 0 saturated carbocycles. The second-order valence-electron chi connectivity index (χ2n) is 3.72. The topological polar surface area (TPSA) is 131 Å². The van der Waals surface area contributed by atoms with E-state index in [1.807, 2.05) is 4.72 Å². The van der Waals surface area contributed by atoms with Crippen LogP contribution in [0.2, 0.25) is 0 Å². The maximum Gasteiger partial charge on any atom is 0.292 e. The molecule has 1 heterocycles. The largest absolute Gasteiger partial charge is 0.292 e. The van der Waals surface area contributed by atoms with Crippen molar-refractivity contribution in [3.8, 4) is 0 Å². The lowest BCUT2D eigenvalue weighted by molar-refractivity contribution is -0.388. The smallest absolute Gasteiger partial charge is 0.261 e. The molecule has 0 amide bonds. The maximum atomic E-state index is 13.0. The molecule has 0 spiro atoms. The molecule has 1 aromatic carbocycles. The molecule has 0 bridgehead atoms. The summed E-state index contributed by atoms with van der Waals surface area (Å²) in [5, 5.41) is 16.7. The van der Waals surface area contributed by atoms with Crippen LogP contribution in [-0.2, 0) is 10.0 Å². The monoisotopic (exact) mass is 301 g/mol. The van der Waals surface area contributed by atoms with Gasteiger partial charge in [-0.15, -0.1) is 5.10 Å². The van der Waals surface area contributed by atoms with Crippen LogP contribution in [0.5, 0.6) is 0 Å². The number of anilines is 1. The van der Waals surface area contributed by atoms with E-state index in [0.717, 1.165) is 12.1 Å². The number of aromatic nitrogens is 3. The van der Waals surface area contributed by atoms with Crippen molar-refractivity contribution in [3.05, 3.63) is 40.0 Å². The van der Waals surface area contributed by atoms with Gasteiger partial charge in [0.1, 0.15) is 11.6 Å². The number of hydrogen-bond donors (Lipinski definition) is 2. The van der Waals surface area contributed by atoms with Gasteiger partial charge in [0.25, 0.3) is 21.7 Å². The second-order valence-corrected chi connectivity index (χ2v) is 5.37. The van der Waals surface area contributed by atoms with Crippen molar-refractivity contribution in [3.63, 3.8) is 0 Å². The summed E-state index contributed by atoms with van der Waals surface area (Å²) in [5.41, 5.74) is -0.871. The Bertz CT molecular complexity index is 772. The first-order valence-corrected chi connectivity index (χ1v) is 6.63. The van der Waals surface area contributed by atoms with Crippen LogP contribution in [0.3, 0.4) is 0 Å². The number of nitrogens with zero attached hydrogens (tertiary/aromatic N) is 3. The summed E-state index contributed by atoms with van der Waals surface area (Å²) in [6.45, 7) is 1.55. The average Bonchev–Trinajstić information content (AvgIpc) is 2.73. The Balaban J connectivity index is 2.46. The minimum Gasteiger partial charge on any atom is -0.261 e. The van der Waals surface area contributed by atoms with Crippen LogP contribution in [0.1, 0.15) is 5.82 Å². The molecular formula is C9H8FN5O4S. The molecule has 0 saturated heterocycles. The summed E-state index contributed by atoms with van der Waals surface area (Å²) in [7, 11) is -4.30. The molecule has 106 valence electrons. The summed E-state index contributed by atoms with van der Waals surface area (Å²) in [5.74, 6) is -0.818. The van der Waals surface area contributed by atoms with E-state index >= 15 is 0 Å². The maximum absolute atomic E-state index is 13.0. The number of H-pyrrole nitrogens is 1. The van der Waals surface area contributed by atoms with Crippen LogP contribution < -0.4 is 4.72 Å². The van der Waals surface area contributed by atoms with Crippen molar-refractivity contribution in [2.45, 2.75) is 11.8 Å². The first-order valence-electron chi connectivity index (χ1n) is 5.15. The molecular weight excluding hydrogens is 293 g/mol. The van der Waals surface area contributed by atoms with E-state index in [9.17, 15) is 22.9 Å². The minimum absolute atomic E-state index is 0.263. The quantitative estimate of drug-likeness (QED) is 0.638. The predicted octanol–water partition coefficient (Wildman–Crippen LogP) is 0.961. The number of benzene rings is 1. The van der Waals surface area contributed by atoms with E-state index < -0.39 is 31.3 Å². The highest BCUT2D eigenvalue weighted by Gasteiger charge is 2.27. The van der Waals surface area contributed by atoms with Gasteiger partial charge in [0, 0.05) is 0 Å². The number of halogens is 1. The molecule has 0 fully saturated rings. The van der Waals surface area contributed by atoms with Crippen LogP contribution in [0.25, 0.3) is 0 Å². The summed E-state index contributed by atoms with van der Waals surface area (Å²) in [6, 6.07) is 2.14. The van der Waals surface area contributed by atoms with Gasteiger partial charge in [-0.3, -0.25) is 15.2 Å². The van der Waals surface area contributed by atoms with Crippen molar-refractivity contribution in [1.29, 1.82) is 0 Å². The Kier molecular flexibility index (Phi) is 3.36. The molecule has 0 atom stereocenters. The zero-order valence-corrected chi connectivity index (χ0v) is 10.8. The Morgan fingerprint density at radius 2 is 2.15 bits per heavy atom. The average molecular weight is 301 g/mol. The first kappa shape index (κ1) is 13.9. The van der Waals surface area contributed by atoms with E-state index in [1.165, 1.54) is 0 Å². The number of sulfonamides is 1. The first-order chi connectivity index (χ1) is 9.29. The van der Waals surface area contributed by atoms with Crippen molar-refractivity contribution in [2.75, 3.05) is 4.72 Å². The van der Waals surface area contributed by atoms with Crippen molar-refractivity contribution in [2.24, 2.45) is 0 Å². The molecule has 2 N–H and O–H groups in total. The number of aryl methyl sites for hydroxylation is 1. The molecule has 2 rings (SSSR count). The molecule has 2 aromatic rings. The van der Waals surface area contributed by atoms with Crippen LogP contribution in [0.15, 0.2) is 23.1 Å². The van der Waals surface area contributed by atoms with Gasteiger partial charge in [-0.05, 0) is 19.1 Å². The lowest BCUT2D eigenvalue weighted by Crippen LogP contribution is -2.15. The van der Waals surface area contributed by atoms with Gasteiger partial charge in [-0.25, -0.2) is 17.5 Å². The fourth-order valence-corrected chi connectivity index (χ4v) is 2.52. The van der Waals surface area contributed by atoms with Crippen molar-refractivity contribution in [1.82, 2.24) is 15.2 Å². The van der Waals surface area contributed by atoms with Gasteiger partial charge in [-0.1, -0.05) is 0 Å². The highest BCUT2D eigenvalue weighted by Crippen LogP contribution is 2.25. The van der Waals surface area contributed by atoms with E-state index in [4.69, 9.17) is 0 Å². The highest BCUT2D eigenvalue weighted by atomic mass is 32.2. The van der Waals surface area contributed by atoms with E-state index in [1.54, 1.807) is 6.92 Å². The third-order valence-electron chi connectivity index (χ3n) is 2.23. The molecule has 0 aliphatic rings. The number of hydrogen-bond acceptors (Lipinski definition) is 6. The van der Waals surface area contributed by atoms with Gasteiger partial charge in [0.2, 0.25) is 0 Å². The summed E-state index contributed by atoms with van der Waals surface area (Å²) < 4.78 is 39.0. The molecule has 11 heteroatoms. The van der Waals surface area contributed by atoms with Gasteiger partial charge < -0.3 is 0 Å². The van der Waals surface area contributed by atoms with E-state index in [-0.39, 0.29) is 5.95 Å². The van der Waals surface area contributed by atoms with Crippen LogP contribution in [0.4, 0.5) is 16.0 Å². The molecule has 20 heavy (non-hydrogen) atoms. The third-order valence-corrected chi connectivity index (χ3v) is 3.61. The SMILES string of the molecule is Cc1nc(NS(=O)(=O)c2ccc(F)cc2[N+](=O)[O-])n[nH]1. The highest BCUT2D eigenvalue weighted by molar-refractivity contribution is 7.92. The number of aromatic amines is 1. The zero-order chi connectivity index (χ0) is 14.9. The van der Waals surface area contributed by atoms with Crippen molar-refractivity contribution < 1.29 is 17.7 Å². The van der Waals surface area contributed by atoms with Crippen molar-refractivity contribution >= 4 is 21.7 Å². The van der Waals surface area contributed by atoms with Crippen LogP contribution >= 0.6 is 0 Å². The number of nitro groups is 1. The molecule has 0 aliphatic carbocycles. The van der Waals surface area contributed by atoms with Gasteiger partial charge in [0.05, 0.1) is 11.0 Å². The minimum atomic E-state index is -4.30. The Morgan fingerprint density at radius 1 is 1.45 bits per heavy atom. The standard InChI is InChI=1S/C9H8FN5O4S/c1-5-11-9(13-12-5)14-20(18,19)8-3-2-6(10)4-7(8)15(16)17/h2-4H,1H3,(H2,11,12,13,14). The lowest BCUT2D eigenvalue weighted by Gasteiger charge is -2.05. The third kappa shape index (κ3) is 2.71. The predicted molar refractivity (Wildman–Crippen MR) is 65.0 cm³/mol. The fourth-order valence-electron chi connectivity index (χ4n) is 1.42. The van der Waals surface area contributed by atoms with E-state index in [0.29, 0.717) is 11.9 Å². The van der Waals surface area contributed by atoms with Gasteiger partial charge in [0.15, 0.2) is 4.90 Å². The summed E-state index contributed by atoms with van der Waals surface area (Å²) in [6.07, 6.45) is 0. The van der Waals surface area contributed by atoms with Crippen LogP contribution in [-0.4, -0.2) is 28.5 Å². The number of rotatable bonds is 4. The fraction of sp³-hybridized carbons (Fsp3) is 0.111. The van der Waals surface area contributed by atoms with Gasteiger partial charge >= 0.3 is 0 Å².